The second-order valence-electron chi connectivity index (χ2n) is 8.82. The Labute approximate surface area is 169 Å². The van der Waals surface area contributed by atoms with Crippen molar-refractivity contribution in [3.63, 3.8) is 0 Å². The van der Waals surface area contributed by atoms with E-state index in [1.165, 1.54) is 128 Å². The number of hydrogen-bond donors (Lipinski definition) is 0. The first-order valence-corrected chi connectivity index (χ1v) is 15.0. The van der Waals surface area contributed by atoms with Crippen LogP contribution in [0.1, 0.15) is 142 Å². The topological polar surface area (TPSA) is 0 Å². The standard InChI is InChI=1S/C25H53Si/c1-4-6-8-10-12-14-16-18-20-22-24-26(3)25-23-21-19-17-15-13-11-9-7-5-2/h4-25H2,1-3H3. The zero-order valence-electron chi connectivity index (χ0n) is 19.1. The van der Waals surface area contributed by atoms with Gasteiger partial charge in [-0.2, -0.15) is 0 Å². The van der Waals surface area contributed by atoms with Gasteiger partial charge in [-0.1, -0.05) is 161 Å². The Bertz CT molecular complexity index is 214. The van der Waals surface area contributed by atoms with Crippen molar-refractivity contribution in [3.05, 3.63) is 0 Å². The van der Waals surface area contributed by atoms with Gasteiger partial charge in [0.05, 0.1) is 0 Å². The second kappa shape index (κ2) is 23.3. The second-order valence-corrected chi connectivity index (χ2v) is 11.7. The predicted molar refractivity (Wildman–Crippen MR) is 125 cm³/mol. The first-order valence-electron chi connectivity index (χ1n) is 12.6. The molecule has 0 aliphatic heterocycles. The van der Waals surface area contributed by atoms with Gasteiger partial charge in [0.1, 0.15) is 0 Å². The van der Waals surface area contributed by atoms with Crippen molar-refractivity contribution in [2.24, 2.45) is 0 Å². The molecule has 0 N–H and O–H groups in total. The minimum atomic E-state index is -0.00398. The van der Waals surface area contributed by atoms with Gasteiger partial charge >= 0.3 is 0 Å². The Morgan fingerprint density at radius 2 is 0.577 bits per heavy atom. The van der Waals surface area contributed by atoms with Crippen LogP contribution in [-0.2, 0) is 0 Å². The van der Waals surface area contributed by atoms with Gasteiger partial charge < -0.3 is 0 Å². The maximum Gasteiger partial charge on any atom is 0.0446 e. The third-order valence-corrected chi connectivity index (χ3v) is 8.33. The molecule has 26 heavy (non-hydrogen) atoms. The van der Waals surface area contributed by atoms with Gasteiger partial charge in [0.25, 0.3) is 0 Å². The fourth-order valence-electron chi connectivity index (χ4n) is 3.95. The Kier molecular flexibility index (Phi) is 23.5. The smallest absolute Gasteiger partial charge is 0.0446 e. The van der Waals surface area contributed by atoms with Crippen molar-refractivity contribution in [1.29, 1.82) is 0 Å². The van der Waals surface area contributed by atoms with Crippen LogP contribution in [0.2, 0.25) is 18.6 Å². The number of unbranched alkanes of at least 4 members (excludes halogenated alkanes) is 18. The lowest BCUT2D eigenvalue weighted by molar-refractivity contribution is 0.560. The molecule has 0 aromatic rings. The molecule has 0 bridgehead atoms. The van der Waals surface area contributed by atoms with Crippen LogP contribution < -0.4 is 0 Å². The van der Waals surface area contributed by atoms with Crippen molar-refractivity contribution in [3.8, 4) is 0 Å². The van der Waals surface area contributed by atoms with Crippen LogP contribution in [0.4, 0.5) is 0 Å². The summed E-state index contributed by atoms with van der Waals surface area (Å²) in [5.74, 6) is 0. The van der Waals surface area contributed by atoms with E-state index in [4.69, 9.17) is 0 Å². The molecule has 0 fully saturated rings. The summed E-state index contributed by atoms with van der Waals surface area (Å²) in [5, 5.41) is 0. The van der Waals surface area contributed by atoms with Crippen LogP contribution in [0.3, 0.4) is 0 Å². The molecule has 0 atom stereocenters. The molecule has 157 valence electrons. The van der Waals surface area contributed by atoms with Gasteiger partial charge in [-0.05, 0) is 0 Å². The van der Waals surface area contributed by atoms with E-state index in [1.807, 2.05) is 0 Å². The average molecular weight is 382 g/mol. The maximum atomic E-state index is 2.59. The molecule has 0 aromatic heterocycles. The normalized spacial score (nSPS) is 11.5. The largest absolute Gasteiger partial charge is 0.0711 e. The van der Waals surface area contributed by atoms with Crippen molar-refractivity contribution in [1.82, 2.24) is 0 Å². The Morgan fingerprint density at radius 3 is 0.846 bits per heavy atom. The molecule has 0 spiro atoms. The molecule has 1 heteroatoms. The van der Waals surface area contributed by atoms with Crippen molar-refractivity contribution < 1.29 is 0 Å². The predicted octanol–water partition coefficient (Wildman–Crippen LogP) is 9.95. The third kappa shape index (κ3) is 22.3. The highest BCUT2D eigenvalue weighted by molar-refractivity contribution is 6.57. The molecule has 0 saturated carbocycles. The Morgan fingerprint density at radius 1 is 0.346 bits per heavy atom. The van der Waals surface area contributed by atoms with Gasteiger partial charge in [-0.3, -0.25) is 0 Å². The molecule has 0 heterocycles. The summed E-state index contributed by atoms with van der Waals surface area (Å²) < 4.78 is 0. The van der Waals surface area contributed by atoms with Gasteiger partial charge in [0.2, 0.25) is 0 Å². The summed E-state index contributed by atoms with van der Waals surface area (Å²) in [7, 11) is -0.00398. The molecule has 0 unspecified atom stereocenters. The molecule has 0 aromatic carbocycles. The van der Waals surface area contributed by atoms with Gasteiger partial charge in [0.15, 0.2) is 0 Å². The van der Waals surface area contributed by atoms with E-state index in [0.29, 0.717) is 0 Å². The van der Waals surface area contributed by atoms with Crippen LogP contribution in [0, 0.1) is 0 Å². The van der Waals surface area contributed by atoms with Crippen LogP contribution in [0.5, 0.6) is 0 Å². The summed E-state index contributed by atoms with van der Waals surface area (Å²) in [6.07, 6.45) is 29.6. The summed E-state index contributed by atoms with van der Waals surface area (Å²) in [4.78, 5) is 0. The molecule has 1 radical (unpaired) electrons. The third-order valence-electron chi connectivity index (χ3n) is 5.91. The molecule has 0 saturated heterocycles. The van der Waals surface area contributed by atoms with Crippen LogP contribution >= 0.6 is 0 Å². The minimum absolute atomic E-state index is 0.00398. The lowest BCUT2D eigenvalue weighted by Crippen LogP contribution is -2.05. The van der Waals surface area contributed by atoms with E-state index >= 15 is 0 Å². The van der Waals surface area contributed by atoms with E-state index in [2.05, 4.69) is 20.4 Å². The molecule has 0 aliphatic rings. The lowest BCUT2D eigenvalue weighted by Gasteiger charge is -2.09. The molecule has 0 nitrogen and oxygen atoms in total. The zero-order chi connectivity index (χ0) is 19.1. The first kappa shape index (κ1) is 26.2. The van der Waals surface area contributed by atoms with E-state index in [9.17, 15) is 0 Å². The molecule has 0 aliphatic carbocycles. The summed E-state index contributed by atoms with van der Waals surface area (Å²) >= 11 is 0. The lowest BCUT2D eigenvalue weighted by atomic mass is 10.1. The van der Waals surface area contributed by atoms with Crippen LogP contribution in [0.25, 0.3) is 0 Å². The summed E-state index contributed by atoms with van der Waals surface area (Å²) in [6.45, 7) is 7.20. The highest BCUT2D eigenvalue weighted by atomic mass is 28.3. The fourth-order valence-corrected chi connectivity index (χ4v) is 5.91. The van der Waals surface area contributed by atoms with Crippen molar-refractivity contribution >= 4 is 8.80 Å². The summed E-state index contributed by atoms with van der Waals surface area (Å²) in [5.41, 5.74) is 0. The first-order chi connectivity index (χ1) is 12.8. The number of rotatable bonds is 22. The minimum Gasteiger partial charge on any atom is -0.0711 e. The monoisotopic (exact) mass is 381 g/mol. The van der Waals surface area contributed by atoms with Crippen molar-refractivity contribution in [2.45, 2.75) is 161 Å². The van der Waals surface area contributed by atoms with Crippen molar-refractivity contribution in [2.75, 3.05) is 0 Å². The molecule has 0 rings (SSSR count). The highest BCUT2D eigenvalue weighted by Crippen LogP contribution is 2.16. The highest BCUT2D eigenvalue weighted by Gasteiger charge is 2.04. The quantitative estimate of drug-likeness (QED) is 0.129. The van der Waals surface area contributed by atoms with E-state index < -0.39 is 0 Å². The molecular weight excluding hydrogens is 328 g/mol. The molecule has 0 amide bonds. The fraction of sp³-hybridized carbons (Fsp3) is 1.00. The van der Waals surface area contributed by atoms with Gasteiger partial charge in [-0.15, -0.1) is 0 Å². The SMILES string of the molecule is CCCCCCCCCCCC[Si](C)CCCCCCCCCCCC. The van der Waals surface area contributed by atoms with Crippen LogP contribution in [0.15, 0.2) is 0 Å². The molecular formula is C25H53Si. The number of hydrogen-bond acceptors (Lipinski definition) is 0. The van der Waals surface area contributed by atoms with Gasteiger partial charge in [0, 0.05) is 8.80 Å². The maximum absolute atomic E-state index is 2.59. The van der Waals surface area contributed by atoms with E-state index in [0.717, 1.165) is 0 Å². The van der Waals surface area contributed by atoms with E-state index in [1.54, 1.807) is 12.1 Å². The van der Waals surface area contributed by atoms with E-state index in [-0.39, 0.29) is 8.80 Å². The Balaban J connectivity index is 3.12. The average Bonchev–Trinajstić information content (AvgIpc) is 2.64. The zero-order valence-corrected chi connectivity index (χ0v) is 20.1. The Hall–Kier alpha value is 0.217. The summed E-state index contributed by atoms with van der Waals surface area (Å²) in [6, 6.07) is 3.16. The van der Waals surface area contributed by atoms with Gasteiger partial charge in [-0.25, -0.2) is 0 Å². The van der Waals surface area contributed by atoms with Crippen LogP contribution in [-0.4, -0.2) is 8.80 Å².